The molecule has 2 nitrogen and oxygen atoms in total. The van der Waals surface area contributed by atoms with Crippen LogP contribution in [-0.2, 0) is 4.74 Å². The Kier molecular flexibility index (Phi) is 5.00. The molecule has 0 aromatic carbocycles. The van der Waals surface area contributed by atoms with Crippen molar-refractivity contribution in [2.45, 2.75) is 65.5 Å². The first-order valence-corrected chi connectivity index (χ1v) is 6.53. The summed E-state index contributed by atoms with van der Waals surface area (Å²) in [6.45, 7) is 9.40. The predicted octanol–water partition coefficient (Wildman–Crippen LogP) is 3.27. The van der Waals surface area contributed by atoms with Gasteiger partial charge in [0.15, 0.2) is 0 Å². The zero-order valence-electron chi connectivity index (χ0n) is 11.3. The molecular formula is C14H27NO. The van der Waals surface area contributed by atoms with E-state index in [1.807, 2.05) is 6.92 Å². The van der Waals surface area contributed by atoms with Crippen molar-refractivity contribution in [1.82, 2.24) is 0 Å². The van der Waals surface area contributed by atoms with E-state index in [9.17, 15) is 0 Å². The number of hydrogen-bond donors (Lipinski definition) is 1. The molecule has 1 aliphatic carbocycles. The van der Waals surface area contributed by atoms with Crippen LogP contribution in [0.2, 0.25) is 0 Å². The zero-order chi connectivity index (χ0) is 12.2. The molecule has 0 aromatic heterocycles. The summed E-state index contributed by atoms with van der Waals surface area (Å²) in [7, 11) is 0. The summed E-state index contributed by atoms with van der Waals surface area (Å²) in [4.78, 5) is 0. The quantitative estimate of drug-likeness (QED) is 0.745. The molecule has 0 heterocycles. The van der Waals surface area contributed by atoms with Crippen molar-refractivity contribution in [2.24, 2.45) is 11.1 Å². The molecule has 0 bridgehead atoms. The van der Waals surface area contributed by atoms with Gasteiger partial charge in [0.25, 0.3) is 0 Å². The Morgan fingerprint density at radius 2 is 2.06 bits per heavy atom. The van der Waals surface area contributed by atoms with E-state index >= 15 is 0 Å². The zero-order valence-corrected chi connectivity index (χ0v) is 11.3. The third kappa shape index (κ3) is 3.60. The van der Waals surface area contributed by atoms with Crippen LogP contribution >= 0.6 is 0 Å². The second kappa shape index (κ2) is 5.83. The van der Waals surface area contributed by atoms with Gasteiger partial charge in [-0.25, -0.2) is 0 Å². The second-order valence-corrected chi connectivity index (χ2v) is 5.79. The predicted molar refractivity (Wildman–Crippen MR) is 69.4 cm³/mol. The number of ether oxygens (including phenoxy) is 1. The normalized spacial score (nSPS) is 21.4. The van der Waals surface area contributed by atoms with E-state index in [1.54, 1.807) is 0 Å². The highest BCUT2D eigenvalue weighted by atomic mass is 16.5. The fourth-order valence-electron chi connectivity index (χ4n) is 2.43. The molecule has 0 aromatic rings. The molecule has 0 aliphatic heterocycles. The summed E-state index contributed by atoms with van der Waals surface area (Å²) in [6, 6.07) is 0.0697. The lowest BCUT2D eigenvalue weighted by Crippen LogP contribution is -2.46. The first kappa shape index (κ1) is 13.7. The van der Waals surface area contributed by atoms with Gasteiger partial charge in [-0.3, -0.25) is 0 Å². The first-order valence-electron chi connectivity index (χ1n) is 6.53. The number of rotatable bonds is 4. The van der Waals surface area contributed by atoms with Crippen LogP contribution in [0.25, 0.3) is 0 Å². The van der Waals surface area contributed by atoms with Crippen LogP contribution in [0.3, 0.4) is 0 Å². The van der Waals surface area contributed by atoms with Gasteiger partial charge in [-0.1, -0.05) is 32.4 Å². The Morgan fingerprint density at radius 1 is 1.38 bits per heavy atom. The molecule has 0 amide bonds. The summed E-state index contributed by atoms with van der Waals surface area (Å²) in [5.41, 5.74) is 7.88. The Hall–Kier alpha value is -0.340. The Balaban J connectivity index is 2.73. The summed E-state index contributed by atoms with van der Waals surface area (Å²) in [5, 5.41) is 0. The van der Waals surface area contributed by atoms with E-state index < -0.39 is 0 Å². The van der Waals surface area contributed by atoms with Gasteiger partial charge in [-0.15, -0.1) is 0 Å². The van der Waals surface area contributed by atoms with Crippen LogP contribution in [0.1, 0.15) is 53.4 Å². The van der Waals surface area contributed by atoms with E-state index in [1.165, 1.54) is 24.8 Å². The molecule has 0 radical (unpaired) electrons. The number of hydrogen-bond acceptors (Lipinski definition) is 2. The van der Waals surface area contributed by atoms with Crippen LogP contribution in [0.4, 0.5) is 0 Å². The molecule has 0 saturated carbocycles. The standard InChI is InChI=1S/C14H27NO/c1-5-16-13(14(2,3)4)12(15)11-9-7-6-8-10-11/h9,12-13H,5-8,10,15H2,1-4H3. The lowest BCUT2D eigenvalue weighted by atomic mass is 9.80. The molecule has 1 rings (SSSR count). The molecule has 1 aliphatic rings. The maximum absolute atomic E-state index is 6.37. The highest BCUT2D eigenvalue weighted by Crippen LogP contribution is 2.30. The van der Waals surface area contributed by atoms with Crippen LogP contribution in [0.5, 0.6) is 0 Å². The Labute approximate surface area is 100 Å². The maximum Gasteiger partial charge on any atom is 0.0812 e. The van der Waals surface area contributed by atoms with Gasteiger partial charge < -0.3 is 10.5 Å². The topological polar surface area (TPSA) is 35.2 Å². The molecule has 94 valence electrons. The van der Waals surface area contributed by atoms with Gasteiger partial charge in [-0.2, -0.15) is 0 Å². The molecule has 0 fully saturated rings. The molecular weight excluding hydrogens is 198 g/mol. The van der Waals surface area contributed by atoms with E-state index in [0.29, 0.717) is 0 Å². The van der Waals surface area contributed by atoms with Gasteiger partial charge in [-0.05, 0) is 38.0 Å². The summed E-state index contributed by atoms with van der Waals surface area (Å²) in [6.07, 6.45) is 7.38. The van der Waals surface area contributed by atoms with Gasteiger partial charge in [0, 0.05) is 6.61 Å². The molecule has 2 N–H and O–H groups in total. The van der Waals surface area contributed by atoms with Gasteiger partial charge in [0.1, 0.15) is 0 Å². The third-order valence-electron chi connectivity index (χ3n) is 3.28. The SMILES string of the molecule is CCOC(C(N)C1=CCCCC1)C(C)(C)C. The van der Waals surface area contributed by atoms with E-state index in [0.717, 1.165) is 13.0 Å². The molecule has 2 unspecified atom stereocenters. The Morgan fingerprint density at radius 3 is 2.50 bits per heavy atom. The Bertz CT molecular complexity index is 240. The van der Waals surface area contributed by atoms with Crippen molar-refractivity contribution in [3.63, 3.8) is 0 Å². The van der Waals surface area contributed by atoms with Crippen LogP contribution in [0, 0.1) is 5.41 Å². The van der Waals surface area contributed by atoms with Crippen LogP contribution < -0.4 is 5.73 Å². The average Bonchev–Trinajstić information content (AvgIpc) is 2.25. The molecule has 2 heteroatoms. The highest BCUT2D eigenvalue weighted by molar-refractivity contribution is 5.15. The minimum Gasteiger partial charge on any atom is -0.376 e. The monoisotopic (exact) mass is 225 g/mol. The minimum absolute atomic E-state index is 0.0697. The lowest BCUT2D eigenvalue weighted by Gasteiger charge is -2.36. The fraction of sp³-hybridized carbons (Fsp3) is 0.857. The average molecular weight is 225 g/mol. The van der Waals surface area contributed by atoms with E-state index in [4.69, 9.17) is 10.5 Å². The molecule has 0 saturated heterocycles. The molecule has 16 heavy (non-hydrogen) atoms. The summed E-state index contributed by atoms with van der Waals surface area (Å²) in [5.74, 6) is 0. The van der Waals surface area contributed by atoms with Crippen molar-refractivity contribution in [3.8, 4) is 0 Å². The first-order chi connectivity index (χ1) is 7.46. The van der Waals surface area contributed by atoms with Crippen LogP contribution in [0.15, 0.2) is 11.6 Å². The van der Waals surface area contributed by atoms with E-state index in [2.05, 4.69) is 26.8 Å². The number of allylic oxidation sites excluding steroid dienone is 1. The van der Waals surface area contributed by atoms with Crippen LogP contribution in [-0.4, -0.2) is 18.8 Å². The van der Waals surface area contributed by atoms with Gasteiger partial charge >= 0.3 is 0 Å². The summed E-state index contributed by atoms with van der Waals surface area (Å²) < 4.78 is 5.86. The van der Waals surface area contributed by atoms with Crippen molar-refractivity contribution < 1.29 is 4.74 Å². The smallest absolute Gasteiger partial charge is 0.0812 e. The van der Waals surface area contributed by atoms with Crippen molar-refractivity contribution >= 4 is 0 Å². The minimum atomic E-state index is 0.0697. The van der Waals surface area contributed by atoms with Crippen molar-refractivity contribution in [1.29, 1.82) is 0 Å². The van der Waals surface area contributed by atoms with E-state index in [-0.39, 0.29) is 17.6 Å². The largest absolute Gasteiger partial charge is 0.376 e. The summed E-state index contributed by atoms with van der Waals surface area (Å²) >= 11 is 0. The van der Waals surface area contributed by atoms with Crippen molar-refractivity contribution in [3.05, 3.63) is 11.6 Å². The van der Waals surface area contributed by atoms with Gasteiger partial charge in [0.2, 0.25) is 0 Å². The lowest BCUT2D eigenvalue weighted by molar-refractivity contribution is -0.0213. The molecule has 0 spiro atoms. The van der Waals surface area contributed by atoms with Crippen molar-refractivity contribution in [2.75, 3.05) is 6.61 Å². The molecule has 2 atom stereocenters. The maximum atomic E-state index is 6.37. The fourth-order valence-corrected chi connectivity index (χ4v) is 2.43. The second-order valence-electron chi connectivity index (χ2n) is 5.79. The third-order valence-corrected chi connectivity index (χ3v) is 3.28. The van der Waals surface area contributed by atoms with Gasteiger partial charge in [0.05, 0.1) is 12.1 Å². The highest BCUT2D eigenvalue weighted by Gasteiger charge is 2.32. The number of nitrogens with two attached hydrogens (primary N) is 1.